The van der Waals surface area contributed by atoms with Gasteiger partial charge < -0.3 is 15.2 Å². The molecule has 0 aromatic carbocycles. The molecule has 0 aliphatic heterocycles. The summed E-state index contributed by atoms with van der Waals surface area (Å²) in [6.45, 7) is 8.38. The fourth-order valence-corrected chi connectivity index (χ4v) is 4.10. The average Bonchev–Trinajstić information content (AvgIpc) is 2.72. The smallest absolute Gasteiger partial charge is 0.325 e. The van der Waals surface area contributed by atoms with Gasteiger partial charge in [-0.15, -0.1) is 5.10 Å². The first-order chi connectivity index (χ1) is 12.2. The zero-order chi connectivity index (χ0) is 19.1. The summed E-state index contributed by atoms with van der Waals surface area (Å²) in [6, 6.07) is 1.51. The number of carboxylic acid groups (broad SMARTS) is 1. The molecule has 140 valence electrons. The lowest BCUT2D eigenvalue weighted by atomic mass is 9.60. The number of nitrogens with zero attached hydrogens (tertiary/aromatic N) is 2. The highest BCUT2D eigenvalue weighted by Crippen LogP contribution is 2.51. The largest absolute Gasteiger partial charge is 0.480 e. The fourth-order valence-electron chi connectivity index (χ4n) is 4.10. The number of carbonyl (C=O) groups is 1. The molecule has 0 radical (unpaired) electrons. The molecule has 7 heteroatoms. The van der Waals surface area contributed by atoms with Gasteiger partial charge in [-0.3, -0.25) is 9.59 Å². The van der Waals surface area contributed by atoms with Crippen LogP contribution in [0.5, 0.6) is 5.88 Å². The number of anilines is 1. The van der Waals surface area contributed by atoms with Gasteiger partial charge in [0.25, 0.3) is 11.4 Å². The maximum absolute atomic E-state index is 12.2. The van der Waals surface area contributed by atoms with Crippen molar-refractivity contribution in [3.8, 4) is 17.7 Å². The molecule has 1 saturated carbocycles. The van der Waals surface area contributed by atoms with Crippen LogP contribution in [-0.2, 0) is 11.3 Å². The Morgan fingerprint density at radius 2 is 2.23 bits per heavy atom. The van der Waals surface area contributed by atoms with Gasteiger partial charge in [-0.2, -0.15) is 0 Å². The molecular formula is C19H25N3O4. The SMILES string of the molecule is CCOc1nn(CC(=O)O)c(=O)cc1N[C@@H]1C[C@@H]2C#C[C@H]([C@H]1C)C2(C)C. The number of hydrogen-bond acceptors (Lipinski definition) is 5. The highest BCUT2D eigenvalue weighted by molar-refractivity contribution is 5.66. The third-order valence-corrected chi connectivity index (χ3v) is 5.63. The van der Waals surface area contributed by atoms with Crippen molar-refractivity contribution in [2.45, 2.75) is 46.7 Å². The summed E-state index contributed by atoms with van der Waals surface area (Å²) in [5.41, 5.74) is 0.180. The van der Waals surface area contributed by atoms with Gasteiger partial charge in [0.2, 0.25) is 0 Å². The van der Waals surface area contributed by atoms with Crippen molar-refractivity contribution in [3.05, 3.63) is 16.4 Å². The van der Waals surface area contributed by atoms with Crippen molar-refractivity contribution in [2.75, 3.05) is 11.9 Å². The molecule has 0 saturated heterocycles. The van der Waals surface area contributed by atoms with E-state index < -0.39 is 18.1 Å². The van der Waals surface area contributed by atoms with E-state index in [4.69, 9.17) is 9.84 Å². The third kappa shape index (κ3) is 3.16. The van der Waals surface area contributed by atoms with Gasteiger partial charge in [0, 0.05) is 23.9 Å². The second-order valence-electron chi connectivity index (χ2n) is 7.67. The van der Waals surface area contributed by atoms with Gasteiger partial charge in [0.1, 0.15) is 12.2 Å². The molecule has 2 bridgehead atoms. The van der Waals surface area contributed by atoms with Crippen molar-refractivity contribution in [2.24, 2.45) is 23.2 Å². The molecule has 2 aliphatic carbocycles. The lowest BCUT2D eigenvalue weighted by Crippen LogP contribution is -2.46. The summed E-state index contributed by atoms with van der Waals surface area (Å²) in [7, 11) is 0. The zero-order valence-electron chi connectivity index (χ0n) is 15.6. The van der Waals surface area contributed by atoms with E-state index >= 15 is 0 Å². The summed E-state index contributed by atoms with van der Waals surface area (Å²) in [5.74, 6) is 6.81. The number of hydrogen-bond donors (Lipinski definition) is 2. The maximum atomic E-state index is 12.2. The highest BCUT2D eigenvalue weighted by Gasteiger charge is 2.49. The monoisotopic (exact) mass is 359 g/mol. The molecule has 0 amide bonds. The molecule has 26 heavy (non-hydrogen) atoms. The average molecular weight is 359 g/mol. The number of aromatic nitrogens is 2. The van der Waals surface area contributed by atoms with E-state index in [9.17, 15) is 9.59 Å². The topological polar surface area (TPSA) is 93.5 Å². The van der Waals surface area contributed by atoms with Crippen LogP contribution in [0.3, 0.4) is 0 Å². The van der Waals surface area contributed by atoms with Crippen molar-refractivity contribution >= 4 is 11.7 Å². The number of ether oxygens (including phenoxy) is 1. The minimum absolute atomic E-state index is 0.135. The predicted octanol–water partition coefficient (Wildman–Crippen LogP) is 1.82. The quantitative estimate of drug-likeness (QED) is 0.753. The van der Waals surface area contributed by atoms with Gasteiger partial charge >= 0.3 is 5.97 Å². The Hall–Kier alpha value is -2.49. The van der Waals surface area contributed by atoms with Crippen LogP contribution in [-0.4, -0.2) is 33.5 Å². The molecule has 1 fully saturated rings. The second kappa shape index (κ2) is 6.67. The van der Waals surface area contributed by atoms with Crippen LogP contribution < -0.4 is 15.6 Å². The van der Waals surface area contributed by atoms with E-state index in [0.717, 1.165) is 11.1 Å². The summed E-state index contributed by atoms with van der Waals surface area (Å²) in [5, 5.41) is 16.4. The number of nitrogens with one attached hydrogen (secondary N) is 1. The summed E-state index contributed by atoms with van der Waals surface area (Å²) in [4.78, 5) is 23.1. The molecule has 2 aliphatic rings. The van der Waals surface area contributed by atoms with Gasteiger partial charge in [0.15, 0.2) is 0 Å². The standard InChI is InChI=1S/C19H25N3O4/c1-5-26-18-15(9-16(23)22(21-18)10-17(24)25)20-14-8-12-6-7-13(11(14)2)19(12,3)4/h9,11-14,20H,5,8,10H2,1-4H3,(H,24,25)/t11-,12+,13-,14-/m1/s1. The maximum Gasteiger partial charge on any atom is 0.325 e. The lowest BCUT2D eigenvalue weighted by molar-refractivity contribution is -0.138. The summed E-state index contributed by atoms with van der Waals surface area (Å²) in [6.07, 6.45) is 0.890. The van der Waals surface area contributed by atoms with Crippen LogP contribution in [0, 0.1) is 35.0 Å². The van der Waals surface area contributed by atoms with Crippen LogP contribution in [0.15, 0.2) is 10.9 Å². The molecular weight excluding hydrogens is 334 g/mol. The lowest BCUT2D eigenvalue weighted by Gasteiger charge is -2.45. The fraction of sp³-hybridized carbons (Fsp3) is 0.632. The van der Waals surface area contributed by atoms with Gasteiger partial charge in [0.05, 0.1) is 6.61 Å². The second-order valence-corrected chi connectivity index (χ2v) is 7.67. The molecule has 0 spiro atoms. The van der Waals surface area contributed by atoms with E-state index in [2.05, 4.69) is 43.0 Å². The van der Waals surface area contributed by atoms with Gasteiger partial charge in [-0.25, -0.2) is 4.68 Å². The van der Waals surface area contributed by atoms with Crippen molar-refractivity contribution in [1.82, 2.24) is 9.78 Å². The van der Waals surface area contributed by atoms with Gasteiger partial charge in [-0.05, 0) is 24.7 Å². The zero-order valence-corrected chi connectivity index (χ0v) is 15.6. The molecule has 1 aromatic rings. The first-order valence-electron chi connectivity index (χ1n) is 8.98. The summed E-state index contributed by atoms with van der Waals surface area (Å²) < 4.78 is 6.45. The van der Waals surface area contributed by atoms with Crippen LogP contribution in [0.2, 0.25) is 0 Å². The molecule has 1 aromatic heterocycles. The third-order valence-electron chi connectivity index (χ3n) is 5.63. The molecule has 4 atom stereocenters. The Morgan fingerprint density at radius 3 is 2.88 bits per heavy atom. The Balaban J connectivity index is 1.87. The number of rotatable bonds is 6. The van der Waals surface area contributed by atoms with Crippen molar-refractivity contribution in [3.63, 3.8) is 0 Å². The number of aliphatic carboxylic acids is 1. The minimum atomic E-state index is -1.13. The minimum Gasteiger partial charge on any atom is -0.480 e. The van der Waals surface area contributed by atoms with Crippen LogP contribution >= 0.6 is 0 Å². The Bertz CT molecular complexity index is 833. The predicted molar refractivity (Wildman–Crippen MR) is 97.0 cm³/mol. The Labute approximate surface area is 152 Å². The highest BCUT2D eigenvalue weighted by atomic mass is 16.5. The molecule has 0 unspecified atom stereocenters. The van der Waals surface area contributed by atoms with E-state index in [0.29, 0.717) is 30.0 Å². The van der Waals surface area contributed by atoms with E-state index in [1.165, 1.54) is 6.07 Å². The molecule has 3 rings (SSSR count). The van der Waals surface area contributed by atoms with E-state index in [1.54, 1.807) is 0 Å². The number of carboxylic acids is 1. The van der Waals surface area contributed by atoms with Gasteiger partial charge in [-0.1, -0.05) is 32.6 Å². The summed E-state index contributed by atoms with van der Waals surface area (Å²) >= 11 is 0. The molecule has 1 heterocycles. The van der Waals surface area contributed by atoms with Crippen molar-refractivity contribution < 1.29 is 14.6 Å². The van der Waals surface area contributed by atoms with Crippen molar-refractivity contribution in [1.29, 1.82) is 0 Å². The Morgan fingerprint density at radius 1 is 1.50 bits per heavy atom. The molecule has 2 N–H and O–H groups in total. The van der Waals surface area contributed by atoms with Crippen LogP contribution in [0.25, 0.3) is 0 Å². The van der Waals surface area contributed by atoms with E-state index in [-0.39, 0.29) is 17.3 Å². The Kier molecular flexibility index (Phi) is 4.70. The number of fused-ring (bicyclic) bond motifs is 2. The van der Waals surface area contributed by atoms with E-state index in [1.807, 2.05) is 6.92 Å². The normalized spacial score (nSPS) is 28.2. The van der Waals surface area contributed by atoms with Crippen LogP contribution in [0.1, 0.15) is 34.1 Å². The molecule has 7 nitrogen and oxygen atoms in total. The van der Waals surface area contributed by atoms with Crippen LogP contribution in [0.4, 0.5) is 5.69 Å². The first-order valence-corrected chi connectivity index (χ1v) is 8.98. The first kappa shape index (κ1) is 18.3.